The van der Waals surface area contributed by atoms with Crippen molar-refractivity contribution in [1.29, 1.82) is 0 Å². The van der Waals surface area contributed by atoms with Gasteiger partial charge in [-0.15, -0.1) is 0 Å². The van der Waals surface area contributed by atoms with Gasteiger partial charge in [-0.3, -0.25) is 0 Å². The van der Waals surface area contributed by atoms with E-state index in [1.807, 2.05) is 12.1 Å². The topological polar surface area (TPSA) is 20.2 Å². The van der Waals surface area contributed by atoms with Gasteiger partial charge in [0.25, 0.3) is 0 Å². The highest BCUT2D eigenvalue weighted by Crippen LogP contribution is 2.30. The van der Waals surface area contributed by atoms with E-state index in [4.69, 9.17) is 0 Å². The summed E-state index contributed by atoms with van der Waals surface area (Å²) in [5, 5.41) is 13.0. The molecule has 2 unspecified atom stereocenters. The smallest absolute Gasteiger partial charge is 0.0798 e. The molecular weight excluding hydrogens is 244 g/mol. The lowest BCUT2D eigenvalue weighted by Gasteiger charge is -2.20. The molecule has 0 aromatic heterocycles. The molecule has 20 heavy (non-hydrogen) atoms. The van der Waals surface area contributed by atoms with E-state index >= 15 is 0 Å². The summed E-state index contributed by atoms with van der Waals surface area (Å²) < 4.78 is 0. The van der Waals surface area contributed by atoms with Crippen molar-refractivity contribution in [2.45, 2.75) is 52.1 Å². The van der Waals surface area contributed by atoms with Gasteiger partial charge >= 0.3 is 0 Å². The molecule has 0 radical (unpaired) electrons. The molecule has 2 atom stereocenters. The Morgan fingerprint density at radius 1 is 1.00 bits per heavy atom. The quantitative estimate of drug-likeness (QED) is 0.706. The highest BCUT2D eigenvalue weighted by Gasteiger charge is 2.16. The maximum absolute atomic E-state index is 10.6. The molecule has 2 rings (SSSR count). The minimum atomic E-state index is -0.345. The zero-order valence-corrected chi connectivity index (χ0v) is 12.7. The predicted molar refractivity (Wildman–Crippen MR) is 86.8 cm³/mol. The van der Waals surface area contributed by atoms with Crippen LogP contribution in [0.1, 0.15) is 57.6 Å². The first-order valence-electron chi connectivity index (χ1n) is 7.92. The summed E-state index contributed by atoms with van der Waals surface area (Å²) in [6.45, 7) is 4.46. The normalized spacial score (nSPS) is 14.3. The molecule has 0 heterocycles. The second-order valence-electron chi connectivity index (χ2n) is 5.74. The van der Waals surface area contributed by atoms with Gasteiger partial charge in [0, 0.05) is 0 Å². The Hall–Kier alpha value is -1.34. The van der Waals surface area contributed by atoms with Crippen molar-refractivity contribution in [3.63, 3.8) is 0 Å². The maximum Gasteiger partial charge on any atom is 0.0798 e. The number of rotatable bonds is 7. The lowest BCUT2D eigenvalue weighted by Crippen LogP contribution is -2.07. The minimum absolute atomic E-state index is 0.345. The zero-order valence-electron chi connectivity index (χ0n) is 12.7. The van der Waals surface area contributed by atoms with Crippen molar-refractivity contribution in [3.05, 3.63) is 48.0 Å². The average Bonchev–Trinajstić information content (AvgIpc) is 2.50. The zero-order chi connectivity index (χ0) is 14.4. The van der Waals surface area contributed by atoms with E-state index in [2.05, 4.69) is 44.2 Å². The molecule has 0 saturated carbocycles. The molecule has 1 nitrogen and oxygen atoms in total. The number of aliphatic hydroxyl groups excluding tert-OH is 1. The number of hydrogen-bond donors (Lipinski definition) is 1. The van der Waals surface area contributed by atoms with E-state index in [1.165, 1.54) is 30.0 Å². The van der Waals surface area contributed by atoms with Crippen molar-refractivity contribution < 1.29 is 5.11 Å². The summed E-state index contributed by atoms with van der Waals surface area (Å²) in [6.07, 6.45) is 5.42. The van der Waals surface area contributed by atoms with Crippen LogP contribution in [-0.2, 0) is 0 Å². The molecule has 2 aromatic rings. The van der Waals surface area contributed by atoms with Gasteiger partial charge in [-0.25, -0.2) is 0 Å². The van der Waals surface area contributed by atoms with Gasteiger partial charge in [-0.1, -0.05) is 82.0 Å². The summed E-state index contributed by atoms with van der Waals surface area (Å²) >= 11 is 0. The standard InChI is InChI=1S/C19H26O/c1-3-5-9-15(4-2)14-19(20)18-13-8-11-16-10-6-7-12-17(16)18/h6-8,10-13,15,19-20H,3-5,9,14H2,1-2H3. The summed E-state index contributed by atoms with van der Waals surface area (Å²) in [5.74, 6) is 0.629. The maximum atomic E-state index is 10.6. The van der Waals surface area contributed by atoms with E-state index in [9.17, 15) is 5.11 Å². The summed E-state index contributed by atoms with van der Waals surface area (Å²) in [5.41, 5.74) is 1.08. The molecule has 0 spiro atoms. The first-order chi connectivity index (χ1) is 9.76. The molecular formula is C19H26O. The van der Waals surface area contributed by atoms with E-state index in [0.29, 0.717) is 5.92 Å². The first-order valence-corrected chi connectivity index (χ1v) is 7.92. The molecule has 0 saturated heterocycles. The van der Waals surface area contributed by atoms with Crippen LogP contribution < -0.4 is 0 Å². The highest BCUT2D eigenvalue weighted by molar-refractivity contribution is 5.85. The third-order valence-corrected chi connectivity index (χ3v) is 4.28. The minimum Gasteiger partial charge on any atom is -0.388 e. The second kappa shape index (κ2) is 7.44. The van der Waals surface area contributed by atoms with E-state index in [1.54, 1.807) is 0 Å². The van der Waals surface area contributed by atoms with Gasteiger partial charge < -0.3 is 5.11 Å². The SMILES string of the molecule is CCCCC(CC)CC(O)c1cccc2ccccc12. The molecule has 1 N–H and O–H groups in total. The molecule has 0 amide bonds. The van der Waals surface area contributed by atoms with Gasteiger partial charge in [0.05, 0.1) is 6.10 Å². The number of hydrogen-bond acceptors (Lipinski definition) is 1. The van der Waals surface area contributed by atoms with Gasteiger partial charge in [-0.2, -0.15) is 0 Å². The fraction of sp³-hybridized carbons (Fsp3) is 0.474. The number of fused-ring (bicyclic) bond motifs is 1. The first kappa shape index (κ1) is 15.1. The van der Waals surface area contributed by atoms with Gasteiger partial charge in [0.2, 0.25) is 0 Å². The number of unbranched alkanes of at least 4 members (excludes halogenated alkanes) is 1. The fourth-order valence-corrected chi connectivity index (χ4v) is 2.97. The van der Waals surface area contributed by atoms with Crippen molar-refractivity contribution in [2.24, 2.45) is 5.92 Å². The highest BCUT2D eigenvalue weighted by atomic mass is 16.3. The van der Waals surface area contributed by atoms with Crippen molar-refractivity contribution in [3.8, 4) is 0 Å². The Bertz CT molecular complexity index is 527. The van der Waals surface area contributed by atoms with Crippen LogP contribution in [0.2, 0.25) is 0 Å². The van der Waals surface area contributed by atoms with Gasteiger partial charge in [-0.05, 0) is 28.7 Å². The Morgan fingerprint density at radius 3 is 2.50 bits per heavy atom. The molecule has 2 aromatic carbocycles. The van der Waals surface area contributed by atoms with Crippen LogP contribution in [0.25, 0.3) is 10.8 Å². The Morgan fingerprint density at radius 2 is 1.75 bits per heavy atom. The van der Waals surface area contributed by atoms with Crippen LogP contribution >= 0.6 is 0 Å². The van der Waals surface area contributed by atoms with Crippen LogP contribution in [0.3, 0.4) is 0 Å². The van der Waals surface area contributed by atoms with Crippen molar-refractivity contribution in [1.82, 2.24) is 0 Å². The molecule has 0 aliphatic heterocycles. The Balaban J connectivity index is 2.16. The average molecular weight is 270 g/mol. The van der Waals surface area contributed by atoms with Crippen LogP contribution in [0.15, 0.2) is 42.5 Å². The van der Waals surface area contributed by atoms with E-state index in [-0.39, 0.29) is 6.10 Å². The van der Waals surface area contributed by atoms with Crippen molar-refractivity contribution in [2.75, 3.05) is 0 Å². The fourth-order valence-electron chi connectivity index (χ4n) is 2.97. The lowest BCUT2D eigenvalue weighted by atomic mass is 9.89. The predicted octanol–water partition coefficient (Wildman–Crippen LogP) is 5.48. The Kier molecular flexibility index (Phi) is 5.60. The molecule has 1 heteroatoms. The molecule has 0 aliphatic rings. The monoisotopic (exact) mass is 270 g/mol. The third kappa shape index (κ3) is 3.61. The van der Waals surface area contributed by atoms with Crippen LogP contribution in [-0.4, -0.2) is 5.11 Å². The van der Waals surface area contributed by atoms with Crippen LogP contribution in [0, 0.1) is 5.92 Å². The second-order valence-corrected chi connectivity index (χ2v) is 5.74. The van der Waals surface area contributed by atoms with Gasteiger partial charge in [0.1, 0.15) is 0 Å². The van der Waals surface area contributed by atoms with Crippen LogP contribution in [0.4, 0.5) is 0 Å². The molecule has 0 aliphatic carbocycles. The molecule has 0 bridgehead atoms. The molecule has 0 fully saturated rings. The van der Waals surface area contributed by atoms with E-state index < -0.39 is 0 Å². The largest absolute Gasteiger partial charge is 0.388 e. The van der Waals surface area contributed by atoms with Crippen LogP contribution in [0.5, 0.6) is 0 Å². The van der Waals surface area contributed by atoms with E-state index in [0.717, 1.165) is 18.4 Å². The Labute approximate surface area is 122 Å². The summed E-state index contributed by atoms with van der Waals surface area (Å²) in [4.78, 5) is 0. The lowest BCUT2D eigenvalue weighted by molar-refractivity contribution is 0.140. The molecule has 108 valence electrons. The van der Waals surface area contributed by atoms with Gasteiger partial charge in [0.15, 0.2) is 0 Å². The summed E-state index contributed by atoms with van der Waals surface area (Å²) in [7, 11) is 0. The number of aliphatic hydroxyl groups is 1. The number of benzene rings is 2. The van der Waals surface area contributed by atoms with Crippen molar-refractivity contribution >= 4 is 10.8 Å². The summed E-state index contributed by atoms with van der Waals surface area (Å²) in [6, 6.07) is 14.6. The third-order valence-electron chi connectivity index (χ3n) is 4.28.